The minimum absolute atomic E-state index is 0.0177. The van der Waals surface area contributed by atoms with Gasteiger partial charge in [-0.05, 0) is 52.4 Å². The van der Waals surface area contributed by atoms with Crippen LogP contribution >= 0.6 is 0 Å². The van der Waals surface area contributed by atoms with Crippen LogP contribution in [0.25, 0.3) is 0 Å². The van der Waals surface area contributed by atoms with E-state index in [0.717, 1.165) is 25.7 Å². The van der Waals surface area contributed by atoms with Crippen LogP contribution in [-0.4, -0.2) is 27.9 Å². The van der Waals surface area contributed by atoms with Gasteiger partial charge in [0.15, 0.2) is 0 Å². The molecule has 0 spiro atoms. The van der Waals surface area contributed by atoms with Crippen molar-refractivity contribution in [1.82, 2.24) is 0 Å². The van der Waals surface area contributed by atoms with E-state index in [4.69, 9.17) is 0 Å². The maximum absolute atomic E-state index is 12.7. The van der Waals surface area contributed by atoms with Crippen LogP contribution in [0.5, 0.6) is 0 Å². The summed E-state index contributed by atoms with van der Waals surface area (Å²) in [4.78, 5) is 36.0. The Labute approximate surface area is 158 Å². The van der Waals surface area contributed by atoms with E-state index in [2.05, 4.69) is 0 Å². The van der Waals surface area contributed by atoms with Gasteiger partial charge < -0.3 is 10.2 Å². The molecule has 0 heterocycles. The number of carboxylic acids is 2. The fourth-order valence-corrected chi connectivity index (χ4v) is 3.32. The van der Waals surface area contributed by atoms with Gasteiger partial charge in [0.25, 0.3) is 0 Å². The molecule has 5 heteroatoms. The van der Waals surface area contributed by atoms with E-state index >= 15 is 0 Å². The molecular weight excluding hydrogens is 332 g/mol. The predicted molar refractivity (Wildman–Crippen MR) is 103 cm³/mol. The van der Waals surface area contributed by atoms with Gasteiger partial charge in [0, 0.05) is 12.8 Å². The normalized spacial score (nSPS) is 14.7. The highest BCUT2D eigenvalue weighted by Gasteiger charge is 2.40. The van der Waals surface area contributed by atoms with Crippen molar-refractivity contribution in [3.05, 3.63) is 0 Å². The number of aliphatic carboxylic acids is 2. The Bertz CT molecular complexity index is 437. The van der Waals surface area contributed by atoms with Gasteiger partial charge in [-0.25, -0.2) is 0 Å². The summed E-state index contributed by atoms with van der Waals surface area (Å²) in [6.07, 6.45) is 5.47. The summed E-state index contributed by atoms with van der Waals surface area (Å²) in [5.74, 6) is -2.25. The monoisotopic (exact) mass is 370 g/mol. The molecule has 0 aliphatic rings. The first kappa shape index (κ1) is 24.6. The van der Waals surface area contributed by atoms with Crippen molar-refractivity contribution in [1.29, 1.82) is 0 Å². The predicted octanol–water partition coefficient (Wildman–Crippen LogP) is 5.17. The van der Waals surface area contributed by atoms with Crippen molar-refractivity contribution in [3.63, 3.8) is 0 Å². The second-order valence-corrected chi connectivity index (χ2v) is 8.68. The Balaban J connectivity index is 5.25. The minimum Gasteiger partial charge on any atom is -0.481 e. The van der Waals surface area contributed by atoms with E-state index < -0.39 is 22.8 Å². The molecule has 0 aromatic rings. The first-order chi connectivity index (χ1) is 11.9. The lowest BCUT2D eigenvalue weighted by atomic mass is 9.70. The van der Waals surface area contributed by atoms with Gasteiger partial charge in [-0.1, -0.05) is 39.5 Å². The Morgan fingerprint density at radius 3 is 1.27 bits per heavy atom. The molecule has 2 atom stereocenters. The van der Waals surface area contributed by atoms with Gasteiger partial charge in [-0.2, -0.15) is 0 Å². The van der Waals surface area contributed by atoms with Crippen LogP contribution in [0.2, 0.25) is 0 Å². The fourth-order valence-electron chi connectivity index (χ4n) is 3.32. The smallest absolute Gasteiger partial charge is 0.309 e. The molecule has 152 valence electrons. The van der Waals surface area contributed by atoms with Crippen LogP contribution in [0.4, 0.5) is 0 Å². The van der Waals surface area contributed by atoms with Crippen LogP contribution < -0.4 is 0 Å². The molecule has 0 amide bonds. The van der Waals surface area contributed by atoms with E-state index in [1.54, 1.807) is 27.7 Å². The summed E-state index contributed by atoms with van der Waals surface area (Å²) < 4.78 is 0. The zero-order chi connectivity index (χ0) is 20.5. The second kappa shape index (κ2) is 10.7. The van der Waals surface area contributed by atoms with Crippen molar-refractivity contribution in [3.8, 4) is 0 Å². The highest BCUT2D eigenvalue weighted by atomic mass is 16.4. The van der Waals surface area contributed by atoms with Crippen molar-refractivity contribution in [2.75, 3.05) is 0 Å². The highest BCUT2D eigenvalue weighted by Crippen LogP contribution is 2.38. The zero-order valence-corrected chi connectivity index (χ0v) is 17.4. The maximum Gasteiger partial charge on any atom is 0.309 e. The largest absolute Gasteiger partial charge is 0.481 e. The Morgan fingerprint density at radius 2 is 1.04 bits per heavy atom. The number of carbonyl (C=O) groups is 3. The molecule has 0 saturated heterocycles. The highest BCUT2D eigenvalue weighted by molar-refractivity contribution is 5.82. The van der Waals surface area contributed by atoms with Crippen LogP contribution in [0, 0.1) is 22.7 Å². The van der Waals surface area contributed by atoms with Crippen LogP contribution in [0.3, 0.4) is 0 Å². The Hall–Kier alpha value is -1.39. The first-order valence-electron chi connectivity index (χ1n) is 9.89. The number of unbranched alkanes of at least 4 members (excludes halogenated alkanes) is 2. The number of rotatable bonds is 14. The summed E-state index contributed by atoms with van der Waals surface area (Å²) in [5.41, 5.74) is -1.93. The molecule has 0 aromatic heterocycles. The maximum atomic E-state index is 12.7. The molecule has 2 unspecified atom stereocenters. The SMILES string of the molecule is CCCCC(CC(=O)CC(CCCC)C(C)(C)C(=O)O)C(C)(C)C(=O)O. The molecule has 5 nitrogen and oxygen atoms in total. The van der Waals surface area contributed by atoms with Gasteiger partial charge in [0.05, 0.1) is 10.8 Å². The zero-order valence-electron chi connectivity index (χ0n) is 17.4. The lowest BCUT2D eigenvalue weighted by Gasteiger charge is -2.33. The average molecular weight is 371 g/mol. The summed E-state index contributed by atoms with van der Waals surface area (Å²) >= 11 is 0. The lowest BCUT2D eigenvalue weighted by molar-refractivity contribution is -0.151. The molecular formula is C21H38O5. The summed E-state index contributed by atoms with van der Waals surface area (Å²) in [5, 5.41) is 19.1. The number of carbonyl (C=O) groups excluding carboxylic acids is 1. The molecule has 0 aliphatic carbocycles. The molecule has 0 fully saturated rings. The van der Waals surface area contributed by atoms with Gasteiger partial charge in [0.2, 0.25) is 0 Å². The Kier molecular flexibility index (Phi) is 10.1. The third-order valence-corrected chi connectivity index (χ3v) is 5.90. The van der Waals surface area contributed by atoms with Crippen LogP contribution in [0.1, 0.15) is 92.9 Å². The van der Waals surface area contributed by atoms with E-state index in [9.17, 15) is 24.6 Å². The number of carboxylic acid groups (broad SMARTS) is 2. The topological polar surface area (TPSA) is 91.7 Å². The molecule has 0 rings (SSSR count). The van der Waals surface area contributed by atoms with Crippen molar-refractivity contribution in [2.24, 2.45) is 22.7 Å². The number of ketones is 1. The molecule has 0 aromatic carbocycles. The van der Waals surface area contributed by atoms with E-state index in [-0.39, 0.29) is 30.5 Å². The fraction of sp³-hybridized carbons (Fsp3) is 0.857. The number of hydrogen-bond acceptors (Lipinski definition) is 3. The number of Topliss-reactive ketones (excluding diaryl/α,β-unsaturated/α-hetero) is 1. The third kappa shape index (κ3) is 7.08. The average Bonchev–Trinajstić information content (AvgIpc) is 2.54. The Morgan fingerprint density at radius 1 is 0.731 bits per heavy atom. The second-order valence-electron chi connectivity index (χ2n) is 8.68. The van der Waals surface area contributed by atoms with E-state index in [1.165, 1.54) is 0 Å². The summed E-state index contributed by atoms with van der Waals surface area (Å²) in [6.45, 7) is 10.8. The van der Waals surface area contributed by atoms with Gasteiger partial charge in [-0.15, -0.1) is 0 Å². The van der Waals surface area contributed by atoms with Crippen molar-refractivity contribution >= 4 is 17.7 Å². The molecule has 26 heavy (non-hydrogen) atoms. The summed E-state index contributed by atoms with van der Waals surface area (Å²) in [6, 6.07) is 0. The molecule has 0 radical (unpaired) electrons. The van der Waals surface area contributed by atoms with Gasteiger partial charge in [0.1, 0.15) is 5.78 Å². The first-order valence-corrected chi connectivity index (χ1v) is 9.89. The molecule has 2 N–H and O–H groups in total. The van der Waals surface area contributed by atoms with E-state index in [0.29, 0.717) is 12.8 Å². The van der Waals surface area contributed by atoms with Crippen molar-refractivity contribution < 1.29 is 24.6 Å². The quantitative estimate of drug-likeness (QED) is 0.440. The standard InChI is InChI=1S/C21H38O5/c1-7-9-11-15(20(3,4)18(23)24)13-17(22)14-16(12-10-8-2)21(5,6)19(25)26/h15-16H,7-14H2,1-6H3,(H,23,24)(H,25,26). The van der Waals surface area contributed by atoms with Crippen LogP contribution in [-0.2, 0) is 14.4 Å². The summed E-state index contributed by atoms with van der Waals surface area (Å²) in [7, 11) is 0. The minimum atomic E-state index is -0.966. The number of hydrogen-bond donors (Lipinski definition) is 2. The lowest BCUT2D eigenvalue weighted by Crippen LogP contribution is -2.37. The molecule has 0 aliphatic heterocycles. The van der Waals surface area contributed by atoms with E-state index in [1.807, 2.05) is 13.8 Å². The van der Waals surface area contributed by atoms with Crippen LogP contribution in [0.15, 0.2) is 0 Å². The molecule has 0 bridgehead atoms. The van der Waals surface area contributed by atoms with Gasteiger partial charge >= 0.3 is 11.9 Å². The van der Waals surface area contributed by atoms with Crippen molar-refractivity contribution in [2.45, 2.75) is 92.9 Å². The third-order valence-electron chi connectivity index (χ3n) is 5.90. The van der Waals surface area contributed by atoms with Gasteiger partial charge in [-0.3, -0.25) is 14.4 Å². The molecule has 0 saturated carbocycles.